The van der Waals surface area contributed by atoms with Crippen molar-refractivity contribution in [3.05, 3.63) is 47.5 Å². The summed E-state index contributed by atoms with van der Waals surface area (Å²) in [5, 5.41) is 16.3. The Kier molecular flexibility index (Phi) is 3.39. The van der Waals surface area contributed by atoms with E-state index in [1.165, 1.54) is 12.1 Å². The minimum atomic E-state index is -0.593. The van der Waals surface area contributed by atoms with Crippen molar-refractivity contribution in [2.75, 3.05) is 0 Å². The molecule has 1 heterocycles. The van der Waals surface area contributed by atoms with Gasteiger partial charge < -0.3 is 10.4 Å². The van der Waals surface area contributed by atoms with Crippen molar-refractivity contribution >= 4 is 0 Å². The molecule has 0 atom stereocenters. The van der Waals surface area contributed by atoms with Gasteiger partial charge >= 0.3 is 0 Å². The van der Waals surface area contributed by atoms with Gasteiger partial charge in [-0.05, 0) is 23.8 Å². The summed E-state index contributed by atoms with van der Waals surface area (Å²) in [5.74, 6) is -0.912. The van der Waals surface area contributed by atoms with Gasteiger partial charge in [0.2, 0.25) is 0 Å². The third-order valence-electron chi connectivity index (χ3n) is 2.57. The maximum absolute atomic E-state index is 13.1. The van der Waals surface area contributed by atoms with E-state index in [1.807, 2.05) is 13.1 Å². The first-order valence-corrected chi connectivity index (χ1v) is 5.32. The van der Waals surface area contributed by atoms with Crippen LogP contribution in [0.4, 0.5) is 4.39 Å². The molecule has 17 heavy (non-hydrogen) atoms. The lowest BCUT2D eigenvalue weighted by Gasteiger charge is -2.06. The summed E-state index contributed by atoms with van der Waals surface area (Å²) in [6.45, 7) is 1.21. The number of aryl methyl sites for hydroxylation is 1. The highest BCUT2D eigenvalue weighted by Crippen LogP contribution is 2.15. The van der Waals surface area contributed by atoms with Gasteiger partial charge in [-0.3, -0.25) is 4.68 Å². The van der Waals surface area contributed by atoms with Crippen molar-refractivity contribution in [2.24, 2.45) is 7.05 Å². The molecule has 1 aromatic carbocycles. The zero-order valence-corrected chi connectivity index (χ0v) is 9.52. The predicted molar refractivity (Wildman–Crippen MR) is 61.8 cm³/mol. The molecule has 2 aromatic rings. The Morgan fingerprint density at radius 1 is 1.35 bits per heavy atom. The van der Waals surface area contributed by atoms with Gasteiger partial charge in [-0.15, -0.1) is 0 Å². The van der Waals surface area contributed by atoms with Crippen molar-refractivity contribution in [2.45, 2.75) is 13.1 Å². The highest BCUT2D eigenvalue weighted by atomic mass is 19.1. The molecule has 1 aromatic heterocycles. The van der Waals surface area contributed by atoms with Gasteiger partial charge in [-0.2, -0.15) is 5.10 Å². The molecule has 0 fully saturated rings. The van der Waals surface area contributed by atoms with Crippen LogP contribution in [0.15, 0.2) is 30.5 Å². The standard InChI is InChI=1S/C12H14FN3O/c1-16-10(4-5-15-16)8-14-7-9-2-3-12(17)11(13)6-9/h2-6,14,17H,7-8H2,1H3. The number of rotatable bonds is 4. The molecule has 0 aliphatic carbocycles. The third-order valence-corrected chi connectivity index (χ3v) is 2.57. The van der Waals surface area contributed by atoms with Crippen LogP contribution in [-0.2, 0) is 20.1 Å². The maximum Gasteiger partial charge on any atom is 0.165 e. The number of nitrogens with zero attached hydrogens (tertiary/aromatic N) is 2. The molecule has 0 aliphatic rings. The predicted octanol–water partition coefficient (Wildman–Crippen LogP) is 1.55. The number of halogens is 1. The van der Waals surface area contributed by atoms with E-state index in [-0.39, 0.29) is 5.75 Å². The second-order valence-corrected chi connectivity index (χ2v) is 3.84. The van der Waals surface area contributed by atoms with Crippen LogP contribution in [0.5, 0.6) is 5.75 Å². The van der Waals surface area contributed by atoms with Crippen LogP contribution in [0.1, 0.15) is 11.3 Å². The molecular formula is C12H14FN3O. The van der Waals surface area contributed by atoms with Crippen LogP contribution in [0.2, 0.25) is 0 Å². The zero-order valence-electron chi connectivity index (χ0n) is 9.52. The fourth-order valence-electron chi connectivity index (χ4n) is 1.57. The van der Waals surface area contributed by atoms with Crippen LogP contribution >= 0.6 is 0 Å². The van der Waals surface area contributed by atoms with Crippen molar-refractivity contribution in [1.29, 1.82) is 0 Å². The SMILES string of the molecule is Cn1nccc1CNCc1ccc(O)c(F)c1. The number of phenols is 1. The van der Waals surface area contributed by atoms with Crippen molar-refractivity contribution in [3.63, 3.8) is 0 Å². The topological polar surface area (TPSA) is 50.1 Å². The number of aromatic hydroxyl groups is 1. The summed E-state index contributed by atoms with van der Waals surface area (Å²) in [7, 11) is 1.87. The number of phenolic OH excluding ortho intramolecular Hbond substituents is 1. The normalized spacial score (nSPS) is 10.7. The molecule has 90 valence electrons. The Hall–Kier alpha value is -1.88. The highest BCUT2D eigenvalue weighted by molar-refractivity contribution is 5.27. The van der Waals surface area contributed by atoms with E-state index in [1.54, 1.807) is 16.9 Å². The van der Waals surface area contributed by atoms with Crippen LogP contribution in [0.3, 0.4) is 0 Å². The quantitative estimate of drug-likeness (QED) is 0.845. The first kappa shape index (κ1) is 11.6. The Morgan fingerprint density at radius 3 is 2.82 bits per heavy atom. The minimum absolute atomic E-state index is 0.319. The summed E-state index contributed by atoms with van der Waals surface area (Å²) in [6.07, 6.45) is 1.73. The van der Waals surface area contributed by atoms with E-state index in [2.05, 4.69) is 10.4 Å². The van der Waals surface area contributed by atoms with Gasteiger partial charge in [-0.25, -0.2) is 4.39 Å². The number of hydrogen-bond acceptors (Lipinski definition) is 3. The summed E-state index contributed by atoms with van der Waals surface area (Å²) in [4.78, 5) is 0. The fraction of sp³-hybridized carbons (Fsp3) is 0.250. The molecule has 0 amide bonds. The average Bonchev–Trinajstić information content (AvgIpc) is 2.70. The third kappa shape index (κ3) is 2.82. The van der Waals surface area contributed by atoms with E-state index >= 15 is 0 Å². The Bertz CT molecular complexity index is 510. The lowest BCUT2D eigenvalue weighted by molar-refractivity contribution is 0.431. The lowest BCUT2D eigenvalue weighted by Crippen LogP contribution is -2.15. The first-order chi connectivity index (χ1) is 8.16. The van der Waals surface area contributed by atoms with E-state index in [9.17, 15) is 4.39 Å². The van der Waals surface area contributed by atoms with E-state index in [0.717, 1.165) is 11.3 Å². The van der Waals surface area contributed by atoms with E-state index in [0.29, 0.717) is 13.1 Å². The average molecular weight is 235 g/mol. The van der Waals surface area contributed by atoms with Gasteiger partial charge in [0, 0.05) is 26.3 Å². The van der Waals surface area contributed by atoms with Crippen LogP contribution in [0, 0.1) is 5.82 Å². The monoisotopic (exact) mass is 235 g/mol. The number of aromatic nitrogens is 2. The van der Waals surface area contributed by atoms with Crippen LogP contribution in [0.25, 0.3) is 0 Å². The van der Waals surface area contributed by atoms with Crippen LogP contribution in [-0.4, -0.2) is 14.9 Å². The molecular weight excluding hydrogens is 221 g/mol. The zero-order chi connectivity index (χ0) is 12.3. The first-order valence-electron chi connectivity index (χ1n) is 5.32. The van der Waals surface area contributed by atoms with Gasteiger partial charge in [-0.1, -0.05) is 6.07 Å². The molecule has 0 bridgehead atoms. The molecule has 0 aliphatic heterocycles. The second-order valence-electron chi connectivity index (χ2n) is 3.84. The summed E-state index contributed by atoms with van der Waals surface area (Å²) >= 11 is 0. The number of benzene rings is 1. The Balaban J connectivity index is 1.90. The molecule has 0 saturated heterocycles. The van der Waals surface area contributed by atoms with Gasteiger partial charge in [0.1, 0.15) is 0 Å². The summed E-state index contributed by atoms with van der Waals surface area (Å²) in [6, 6.07) is 6.29. The molecule has 0 unspecified atom stereocenters. The summed E-state index contributed by atoms with van der Waals surface area (Å²) in [5.41, 5.74) is 1.85. The number of hydrogen-bond donors (Lipinski definition) is 2. The Morgan fingerprint density at radius 2 is 2.18 bits per heavy atom. The summed E-state index contributed by atoms with van der Waals surface area (Å²) < 4.78 is 14.8. The molecule has 0 spiro atoms. The van der Waals surface area contributed by atoms with Crippen molar-refractivity contribution < 1.29 is 9.50 Å². The molecule has 0 saturated carbocycles. The van der Waals surface area contributed by atoms with Gasteiger partial charge in [0.15, 0.2) is 11.6 Å². The minimum Gasteiger partial charge on any atom is -0.505 e. The van der Waals surface area contributed by atoms with Gasteiger partial charge in [0.25, 0.3) is 0 Å². The van der Waals surface area contributed by atoms with E-state index in [4.69, 9.17) is 5.11 Å². The number of nitrogens with one attached hydrogen (secondary N) is 1. The molecule has 4 nitrogen and oxygen atoms in total. The largest absolute Gasteiger partial charge is 0.505 e. The maximum atomic E-state index is 13.1. The van der Waals surface area contributed by atoms with E-state index < -0.39 is 5.82 Å². The molecule has 0 radical (unpaired) electrons. The highest BCUT2D eigenvalue weighted by Gasteiger charge is 2.02. The fourth-order valence-corrected chi connectivity index (χ4v) is 1.57. The van der Waals surface area contributed by atoms with Gasteiger partial charge in [0.05, 0.1) is 5.69 Å². The van der Waals surface area contributed by atoms with Crippen molar-refractivity contribution in [1.82, 2.24) is 15.1 Å². The van der Waals surface area contributed by atoms with Crippen LogP contribution < -0.4 is 5.32 Å². The molecule has 2 rings (SSSR count). The lowest BCUT2D eigenvalue weighted by atomic mass is 10.2. The molecule has 5 heteroatoms. The second kappa shape index (κ2) is 4.97. The Labute approximate surface area is 98.7 Å². The molecule has 2 N–H and O–H groups in total. The smallest absolute Gasteiger partial charge is 0.165 e. The van der Waals surface area contributed by atoms with Crippen molar-refractivity contribution in [3.8, 4) is 5.75 Å².